The molecule has 1 unspecified atom stereocenters. The van der Waals surface area contributed by atoms with Crippen molar-refractivity contribution >= 4 is 23.1 Å². The summed E-state index contributed by atoms with van der Waals surface area (Å²) >= 11 is 6.23. The summed E-state index contributed by atoms with van der Waals surface area (Å²) in [7, 11) is 0. The summed E-state index contributed by atoms with van der Waals surface area (Å²) in [6, 6.07) is 6.50. The van der Waals surface area contributed by atoms with Crippen LogP contribution in [-0.4, -0.2) is 43.0 Å². The Labute approximate surface area is 131 Å². The number of hydrogen-bond donors (Lipinski definition) is 2. The second kappa shape index (κ2) is 6.24. The predicted octanol–water partition coefficient (Wildman–Crippen LogP) is 2.69. The molecule has 0 bridgehead atoms. The van der Waals surface area contributed by atoms with E-state index in [1.165, 1.54) is 38.8 Å². The minimum atomic E-state index is 0.0270. The van der Waals surface area contributed by atoms with Gasteiger partial charge in [0.05, 0.1) is 5.02 Å². The number of nitrogens with zero attached hydrogens (tertiary/aromatic N) is 2. The summed E-state index contributed by atoms with van der Waals surface area (Å²) in [4.78, 5) is 5.05. The third-order valence-corrected chi connectivity index (χ3v) is 4.99. The van der Waals surface area contributed by atoms with E-state index in [1.54, 1.807) is 0 Å². The highest BCUT2D eigenvalue weighted by atomic mass is 35.5. The average Bonchev–Trinajstić information content (AvgIpc) is 2.97. The first-order valence-electron chi connectivity index (χ1n) is 7.78. The van der Waals surface area contributed by atoms with Crippen LogP contribution < -0.4 is 10.6 Å². The highest BCUT2D eigenvalue weighted by Crippen LogP contribution is 2.28. The number of hydrogen-bond acceptors (Lipinski definition) is 3. The third kappa shape index (κ3) is 3.16. The summed E-state index contributed by atoms with van der Waals surface area (Å²) in [6.45, 7) is 4.66. The lowest BCUT2D eigenvalue weighted by atomic mass is 10.1. The van der Waals surface area contributed by atoms with Gasteiger partial charge in [-0.05, 0) is 50.6 Å². The first-order chi connectivity index (χ1) is 10.1. The van der Waals surface area contributed by atoms with Gasteiger partial charge in [-0.2, -0.15) is 0 Å². The van der Waals surface area contributed by atoms with E-state index in [9.17, 15) is 0 Å². The van der Waals surface area contributed by atoms with Crippen LogP contribution in [0, 0.1) is 5.41 Å². The number of nitrogen functional groups attached to an aromatic ring is 1. The number of piperidine rings is 1. The van der Waals surface area contributed by atoms with Crippen LogP contribution in [0.4, 0.5) is 5.69 Å². The molecule has 0 aliphatic carbocycles. The number of nitrogens with two attached hydrogens (primary N) is 1. The van der Waals surface area contributed by atoms with Crippen LogP contribution in [0.3, 0.4) is 0 Å². The molecule has 2 fully saturated rings. The van der Waals surface area contributed by atoms with E-state index in [-0.39, 0.29) is 5.84 Å². The molecule has 2 saturated heterocycles. The number of rotatable bonds is 3. The Morgan fingerprint density at radius 3 is 2.62 bits per heavy atom. The number of anilines is 1. The van der Waals surface area contributed by atoms with Crippen molar-refractivity contribution < 1.29 is 0 Å². The second-order valence-corrected chi connectivity index (χ2v) is 6.47. The van der Waals surface area contributed by atoms with Crippen molar-refractivity contribution in [1.29, 1.82) is 5.41 Å². The van der Waals surface area contributed by atoms with E-state index in [4.69, 9.17) is 22.7 Å². The maximum atomic E-state index is 7.50. The lowest BCUT2D eigenvalue weighted by molar-refractivity contribution is 0.175. The van der Waals surface area contributed by atoms with E-state index < -0.39 is 0 Å². The number of halogens is 1. The number of likely N-dealkylation sites (tertiary alicyclic amines) is 1. The minimum Gasteiger partial charge on any atom is -0.384 e. The van der Waals surface area contributed by atoms with Gasteiger partial charge in [-0.3, -0.25) is 10.3 Å². The Bertz CT molecular complexity index is 525. The largest absolute Gasteiger partial charge is 0.384 e. The molecule has 114 valence electrons. The van der Waals surface area contributed by atoms with Gasteiger partial charge in [-0.1, -0.05) is 18.0 Å². The molecule has 0 radical (unpaired) electrons. The molecule has 2 aliphatic rings. The first kappa shape index (κ1) is 14.7. The van der Waals surface area contributed by atoms with Gasteiger partial charge in [0.25, 0.3) is 0 Å². The Balaban J connectivity index is 1.68. The molecule has 21 heavy (non-hydrogen) atoms. The predicted molar refractivity (Wildman–Crippen MR) is 88.5 cm³/mol. The van der Waals surface area contributed by atoms with Gasteiger partial charge >= 0.3 is 0 Å². The van der Waals surface area contributed by atoms with Crippen molar-refractivity contribution in [1.82, 2.24) is 4.90 Å². The lowest BCUT2D eigenvalue weighted by Crippen LogP contribution is -2.40. The van der Waals surface area contributed by atoms with Crippen LogP contribution in [0.15, 0.2) is 18.2 Å². The van der Waals surface area contributed by atoms with E-state index >= 15 is 0 Å². The zero-order valence-electron chi connectivity index (χ0n) is 12.3. The summed E-state index contributed by atoms with van der Waals surface area (Å²) in [5, 5.41) is 8.07. The van der Waals surface area contributed by atoms with Crippen molar-refractivity contribution in [3.8, 4) is 0 Å². The van der Waals surface area contributed by atoms with E-state index in [1.807, 2.05) is 18.2 Å². The van der Waals surface area contributed by atoms with Gasteiger partial charge in [0, 0.05) is 30.4 Å². The summed E-state index contributed by atoms with van der Waals surface area (Å²) in [5.41, 5.74) is 7.28. The Morgan fingerprint density at radius 1 is 1.19 bits per heavy atom. The molecule has 4 nitrogen and oxygen atoms in total. The fourth-order valence-corrected chi connectivity index (χ4v) is 3.75. The number of amidine groups is 1. The summed E-state index contributed by atoms with van der Waals surface area (Å²) in [5.74, 6) is 0.0270. The molecule has 2 aliphatic heterocycles. The first-order valence-corrected chi connectivity index (χ1v) is 8.16. The van der Waals surface area contributed by atoms with Crippen molar-refractivity contribution in [2.24, 2.45) is 5.73 Å². The third-order valence-electron chi connectivity index (χ3n) is 4.68. The van der Waals surface area contributed by atoms with Gasteiger partial charge in [0.2, 0.25) is 0 Å². The quantitative estimate of drug-likeness (QED) is 0.667. The van der Waals surface area contributed by atoms with Gasteiger partial charge in [0.1, 0.15) is 5.84 Å². The molecule has 0 spiro atoms. The zero-order valence-corrected chi connectivity index (χ0v) is 13.1. The standard InChI is InChI=1S/C16H23ClN4/c17-15-10-12(4-5-14(15)16(18)19)21-9-6-13(11-21)20-7-2-1-3-8-20/h4-5,10,13H,1-3,6-9,11H2,(H3,18,19). The second-order valence-electron chi connectivity index (χ2n) is 6.06. The van der Waals surface area contributed by atoms with Crippen LogP contribution >= 0.6 is 11.6 Å². The van der Waals surface area contributed by atoms with Crippen molar-refractivity contribution in [2.75, 3.05) is 31.1 Å². The molecule has 0 aromatic heterocycles. The Kier molecular flexibility index (Phi) is 4.36. The van der Waals surface area contributed by atoms with Gasteiger partial charge in [-0.15, -0.1) is 0 Å². The fourth-order valence-electron chi connectivity index (χ4n) is 3.48. The molecule has 0 saturated carbocycles. The molecule has 1 aromatic rings. The van der Waals surface area contributed by atoms with E-state index in [0.29, 0.717) is 16.6 Å². The maximum absolute atomic E-state index is 7.50. The Hall–Kier alpha value is -1.26. The SMILES string of the molecule is N=C(N)c1ccc(N2CCC(N3CCCCC3)C2)cc1Cl. The molecule has 3 rings (SSSR count). The molecule has 3 N–H and O–H groups in total. The number of nitrogens with one attached hydrogen (secondary N) is 1. The van der Waals surface area contributed by atoms with Gasteiger partial charge in [-0.25, -0.2) is 0 Å². The fraction of sp³-hybridized carbons (Fsp3) is 0.562. The topological polar surface area (TPSA) is 56.4 Å². The van der Waals surface area contributed by atoms with Crippen LogP contribution in [-0.2, 0) is 0 Å². The van der Waals surface area contributed by atoms with Crippen LogP contribution in [0.5, 0.6) is 0 Å². The maximum Gasteiger partial charge on any atom is 0.124 e. The minimum absolute atomic E-state index is 0.0270. The molecule has 1 atom stereocenters. The van der Waals surface area contributed by atoms with E-state index in [2.05, 4.69) is 9.80 Å². The van der Waals surface area contributed by atoms with Crippen molar-refractivity contribution in [3.63, 3.8) is 0 Å². The molecule has 1 aromatic carbocycles. The monoisotopic (exact) mass is 306 g/mol. The summed E-state index contributed by atoms with van der Waals surface area (Å²) < 4.78 is 0. The normalized spacial score (nSPS) is 23.5. The van der Waals surface area contributed by atoms with Gasteiger partial charge in [0.15, 0.2) is 0 Å². The van der Waals surface area contributed by atoms with Crippen LogP contribution in [0.1, 0.15) is 31.2 Å². The highest BCUT2D eigenvalue weighted by molar-refractivity contribution is 6.34. The lowest BCUT2D eigenvalue weighted by Gasteiger charge is -2.32. The average molecular weight is 307 g/mol. The van der Waals surface area contributed by atoms with E-state index in [0.717, 1.165) is 18.8 Å². The zero-order chi connectivity index (χ0) is 14.8. The highest BCUT2D eigenvalue weighted by Gasteiger charge is 2.28. The van der Waals surface area contributed by atoms with Crippen molar-refractivity contribution in [3.05, 3.63) is 28.8 Å². The summed E-state index contributed by atoms with van der Waals surface area (Å²) in [6.07, 6.45) is 5.30. The molecular formula is C16H23ClN4. The molecule has 5 heteroatoms. The van der Waals surface area contributed by atoms with Crippen LogP contribution in [0.2, 0.25) is 5.02 Å². The van der Waals surface area contributed by atoms with Crippen molar-refractivity contribution in [2.45, 2.75) is 31.7 Å². The van der Waals surface area contributed by atoms with Crippen LogP contribution in [0.25, 0.3) is 0 Å². The Morgan fingerprint density at radius 2 is 1.95 bits per heavy atom. The number of benzene rings is 1. The molecule has 0 amide bonds. The van der Waals surface area contributed by atoms with Gasteiger partial charge < -0.3 is 10.6 Å². The molecular weight excluding hydrogens is 284 g/mol. The molecule has 2 heterocycles. The smallest absolute Gasteiger partial charge is 0.124 e.